The van der Waals surface area contributed by atoms with Crippen LogP contribution >= 0.6 is 0 Å². The maximum Gasteiger partial charge on any atom is 0.260 e. The van der Waals surface area contributed by atoms with Crippen molar-refractivity contribution in [3.8, 4) is 5.75 Å². The van der Waals surface area contributed by atoms with Crippen molar-refractivity contribution < 1.29 is 9.53 Å². The average Bonchev–Trinajstić information content (AvgIpc) is 2.51. The van der Waals surface area contributed by atoms with E-state index in [1.54, 1.807) is 13.1 Å². The normalized spacial score (nSPS) is 12.1. The number of hydrogen-bond acceptors (Lipinski definition) is 3. The van der Waals surface area contributed by atoms with Gasteiger partial charge >= 0.3 is 0 Å². The van der Waals surface area contributed by atoms with Crippen molar-refractivity contribution in [2.45, 2.75) is 39.2 Å². The Kier molecular flexibility index (Phi) is 5.55. The van der Waals surface area contributed by atoms with Crippen molar-refractivity contribution in [1.82, 2.24) is 10.3 Å². The fraction of sp³-hybridized carbons (Fsp3) is 0.412. The number of carbonyl (C=O) groups is 1. The van der Waals surface area contributed by atoms with Crippen molar-refractivity contribution in [2.75, 3.05) is 6.54 Å². The number of ether oxygens (including phenoxy) is 1. The molecule has 1 N–H and O–H groups in total. The standard InChI is InChI=1S/C17H22N2O2/c1-3-4-7-10-18-17(20)13(2)21-15-11-14-8-5-6-9-16(14)19-12-15/h5-6,8-9,11-13H,3-4,7,10H2,1-2H3,(H,18,20). The molecule has 0 radical (unpaired) electrons. The average molecular weight is 286 g/mol. The predicted octanol–water partition coefficient (Wildman–Crippen LogP) is 3.31. The predicted molar refractivity (Wildman–Crippen MR) is 84.4 cm³/mol. The van der Waals surface area contributed by atoms with Gasteiger partial charge in [0.2, 0.25) is 0 Å². The summed E-state index contributed by atoms with van der Waals surface area (Å²) < 4.78 is 5.67. The number of aromatic nitrogens is 1. The first-order valence-electron chi connectivity index (χ1n) is 7.50. The molecule has 2 rings (SSSR count). The minimum atomic E-state index is -0.519. The van der Waals surface area contributed by atoms with Gasteiger partial charge < -0.3 is 10.1 Å². The van der Waals surface area contributed by atoms with Gasteiger partial charge in [0.15, 0.2) is 6.10 Å². The zero-order valence-electron chi connectivity index (χ0n) is 12.6. The summed E-state index contributed by atoms with van der Waals surface area (Å²) in [6.07, 6.45) is 4.42. The van der Waals surface area contributed by atoms with Gasteiger partial charge in [0.1, 0.15) is 5.75 Å². The van der Waals surface area contributed by atoms with E-state index in [9.17, 15) is 4.79 Å². The van der Waals surface area contributed by atoms with Gasteiger partial charge in [0, 0.05) is 11.9 Å². The van der Waals surface area contributed by atoms with Gasteiger partial charge in [-0.1, -0.05) is 38.0 Å². The number of pyridine rings is 1. The Morgan fingerprint density at radius 1 is 1.33 bits per heavy atom. The third-order valence-electron chi connectivity index (χ3n) is 3.33. The van der Waals surface area contributed by atoms with Gasteiger partial charge in [0.25, 0.3) is 5.91 Å². The van der Waals surface area contributed by atoms with Gasteiger partial charge in [0.05, 0.1) is 11.7 Å². The summed E-state index contributed by atoms with van der Waals surface area (Å²) in [4.78, 5) is 16.2. The molecule has 2 aromatic rings. The number of fused-ring (bicyclic) bond motifs is 1. The third kappa shape index (κ3) is 4.45. The fourth-order valence-corrected chi connectivity index (χ4v) is 2.10. The summed E-state index contributed by atoms with van der Waals surface area (Å²) in [6, 6.07) is 9.73. The molecule has 0 aliphatic heterocycles. The number of rotatable bonds is 7. The SMILES string of the molecule is CCCCCNC(=O)C(C)Oc1cnc2ccccc2c1. The highest BCUT2D eigenvalue weighted by Gasteiger charge is 2.14. The molecule has 1 atom stereocenters. The number of hydrogen-bond donors (Lipinski definition) is 1. The summed E-state index contributed by atoms with van der Waals surface area (Å²) in [7, 11) is 0. The highest BCUT2D eigenvalue weighted by atomic mass is 16.5. The van der Waals surface area contributed by atoms with E-state index in [2.05, 4.69) is 17.2 Å². The molecule has 0 bridgehead atoms. The molecule has 0 saturated carbocycles. The summed E-state index contributed by atoms with van der Waals surface area (Å²) in [5.41, 5.74) is 0.918. The van der Waals surface area contributed by atoms with E-state index >= 15 is 0 Å². The van der Waals surface area contributed by atoms with Crippen LogP contribution < -0.4 is 10.1 Å². The summed E-state index contributed by atoms with van der Waals surface area (Å²) in [5, 5.41) is 3.90. The van der Waals surface area contributed by atoms with Gasteiger partial charge in [-0.05, 0) is 25.5 Å². The Hall–Kier alpha value is -2.10. The molecule has 21 heavy (non-hydrogen) atoms. The number of amides is 1. The Balaban J connectivity index is 1.91. The molecule has 0 fully saturated rings. The largest absolute Gasteiger partial charge is 0.479 e. The zero-order chi connectivity index (χ0) is 15.1. The van der Waals surface area contributed by atoms with Crippen molar-refractivity contribution in [3.63, 3.8) is 0 Å². The minimum absolute atomic E-state index is 0.0840. The number of para-hydroxylation sites is 1. The molecule has 0 aliphatic carbocycles. The first kappa shape index (κ1) is 15.3. The molecule has 4 heteroatoms. The van der Waals surface area contributed by atoms with Crippen LogP contribution in [0.1, 0.15) is 33.1 Å². The number of unbranched alkanes of at least 4 members (excludes halogenated alkanes) is 2. The molecule has 1 heterocycles. The van der Waals surface area contributed by atoms with Gasteiger partial charge in [-0.2, -0.15) is 0 Å². The molecule has 0 saturated heterocycles. The van der Waals surface area contributed by atoms with E-state index in [-0.39, 0.29) is 5.91 Å². The number of nitrogens with one attached hydrogen (secondary N) is 1. The molecule has 4 nitrogen and oxygen atoms in total. The first-order chi connectivity index (χ1) is 10.2. The van der Waals surface area contributed by atoms with Crippen LogP contribution in [0.5, 0.6) is 5.75 Å². The second-order valence-electron chi connectivity index (χ2n) is 5.12. The van der Waals surface area contributed by atoms with E-state index in [0.29, 0.717) is 12.3 Å². The summed E-state index contributed by atoms with van der Waals surface area (Å²) >= 11 is 0. The van der Waals surface area contributed by atoms with Crippen LogP contribution in [0, 0.1) is 0 Å². The molecule has 0 aliphatic rings. The lowest BCUT2D eigenvalue weighted by molar-refractivity contribution is -0.127. The monoisotopic (exact) mass is 286 g/mol. The number of benzene rings is 1. The van der Waals surface area contributed by atoms with Crippen molar-refractivity contribution in [1.29, 1.82) is 0 Å². The van der Waals surface area contributed by atoms with Gasteiger partial charge in [-0.15, -0.1) is 0 Å². The second kappa shape index (κ2) is 7.62. The highest BCUT2D eigenvalue weighted by Crippen LogP contribution is 2.18. The van der Waals surface area contributed by atoms with Crippen LogP contribution in [0.25, 0.3) is 10.9 Å². The van der Waals surface area contributed by atoms with Crippen molar-refractivity contribution in [2.24, 2.45) is 0 Å². The molecule has 1 aromatic carbocycles. The maximum absolute atomic E-state index is 11.9. The molecule has 112 valence electrons. The first-order valence-corrected chi connectivity index (χ1v) is 7.50. The lowest BCUT2D eigenvalue weighted by atomic mass is 10.2. The smallest absolute Gasteiger partial charge is 0.260 e. The van der Waals surface area contributed by atoms with Crippen LogP contribution in [0.4, 0.5) is 0 Å². The lowest BCUT2D eigenvalue weighted by Crippen LogP contribution is -2.36. The molecular formula is C17H22N2O2. The molecular weight excluding hydrogens is 264 g/mol. The third-order valence-corrected chi connectivity index (χ3v) is 3.33. The Bertz CT molecular complexity index is 598. The lowest BCUT2D eigenvalue weighted by Gasteiger charge is -2.14. The van der Waals surface area contributed by atoms with Crippen molar-refractivity contribution >= 4 is 16.8 Å². The van der Waals surface area contributed by atoms with Crippen LogP contribution in [-0.4, -0.2) is 23.5 Å². The van der Waals surface area contributed by atoms with Crippen LogP contribution in [0.3, 0.4) is 0 Å². The van der Waals surface area contributed by atoms with Crippen LogP contribution in [0.2, 0.25) is 0 Å². The zero-order valence-corrected chi connectivity index (χ0v) is 12.6. The van der Waals surface area contributed by atoms with E-state index in [1.807, 2.05) is 30.3 Å². The topological polar surface area (TPSA) is 51.2 Å². The van der Waals surface area contributed by atoms with E-state index < -0.39 is 6.10 Å². The van der Waals surface area contributed by atoms with Gasteiger partial charge in [-0.25, -0.2) is 0 Å². The van der Waals surface area contributed by atoms with Crippen LogP contribution in [-0.2, 0) is 4.79 Å². The second-order valence-corrected chi connectivity index (χ2v) is 5.12. The number of carbonyl (C=O) groups excluding carboxylic acids is 1. The molecule has 1 unspecified atom stereocenters. The number of nitrogens with zero attached hydrogens (tertiary/aromatic N) is 1. The molecule has 0 spiro atoms. The van der Waals surface area contributed by atoms with Crippen molar-refractivity contribution in [3.05, 3.63) is 36.5 Å². The maximum atomic E-state index is 11.9. The quantitative estimate of drug-likeness (QED) is 0.794. The molecule has 1 aromatic heterocycles. The van der Waals surface area contributed by atoms with E-state index in [1.165, 1.54) is 0 Å². The molecule has 1 amide bonds. The van der Waals surface area contributed by atoms with Crippen LogP contribution in [0.15, 0.2) is 36.5 Å². The summed E-state index contributed by atoms with van der Waals surface area (Å²) in [6.45, 7) is 4.60. The minimum Gasteiger partial charge on any atom is -0.479 e. The van der Waals surface area contributed by atoms with E-state index in [0.717, 1.165) is 30.2 Å². The fourth-order valence-electron chi connectivity index (χ4n) is 2.10. The van der Waals surface area contributed by atoms with Gasteiger partial charge in [-0.3, -0.25) is 9.78 Å². The van der Waals surface area contributed by atoms with E-state index in [4.69, 9.17) is 4.74 Å². The highest BCUT2D eigenvalue weighted by molar-refractivity contribution is 5.81. The summed E-state index contributed by atoms with van der Waals surface area (Å²) in [5.74, 6) is 0.532. The Morgan fingerprint density at radius 2 is 2.14 bits per heavy atom. The Morgan fingerprint density at radius 3 is 2.95 bits per heavy atom. The Labute approximate surface area is 125 Å².